The molecule has 31 heavy (non-hydrogen) atoms. The molecule has 1 atom stereocenters. The van der Waals surface area contributed by atoms with Crippen LogP contribution >= 0.6 is 11.6 Å². The Balaban J connectivity index is 1.43. The van der Waals surface area contributed by atoms with Crippen LogP contribution in [0.3, 0.4) is 0 Å². The third-order valence-corrected chi connectivity index (χ3v) is 8.06. The van der Waals surface area contributed by atoms with E-state index in [4.69, 9.17) is 21.1 Å². The Kier molecular flexibility index (Phi) is 8.22. The topological polar surface area (TPSA) is 90.0 Å². The molecule has 0 spiro atoms. The molecule has 1 aromatic carbocycles. The van der Waals surface area contributed by atoms with Crippen LogP contribution in [-0.2, 0) is 24.2 Å². The van der Waals surface area contributed by atoms with Crippen molar-refractivity contribution in [2.24, 2.45) is 0 Å². The summed E-state index contributed by atoms with van der Waals surface area (Å²) in [4.78, 5) is 26.6. The van der Waals surface area contributed by atoms with Crippen molar-refractivity contribution in [2.45, 2.75) is 64.0 Å². The lowest BCUT2D eigenvalue weighted by molar-refractivity contribution is -0.154. The maximum atomic E-state index is 12.8. The number of nitrogens with zero attached hydrogens (tertiary/aromatic N) is 1. The lowest BCUT2D eigenvalue weighted by Crippen LogP contribution is -2.48. The zero-order valence-corrected chi connectivity index (χ0v) is 19.4. The molecule has 1 aliphatic heterocycles. The fourth-order valence-electron chi connectivity index (χ4n) is 4.29. The van der Waals surface area contributed by atoms with E-state index in [1.54, 1.807) is 17.0 Å². The molecular formula is C22H30ClNO6S. The normalized spacial score (nSPS) is 20.5. The molecule has 1 saturated heterocycles. The number of esters is 1. The van der Waals surface area contributed by atoms with E-state index in [1.807, 2.05) is 13.0 Å². The van der Waals surface area contributed by atoms with Crippen LogP contribution < -0.4 is 4.74 Å². The number of amides is 1. The van der Waals surface area contributed by atoms with Crippen molar-refractivity contribution in [3.8, 4) is 5.75 Å². The largest absolute Gasteiger partial charge is 0.494 e. The van der Waals surface area contributed by atoms with Gasteiger partial charge >= 0.3 is 5.97 Å². The van der Waals surface area contributed by atoms with Crippen molar-refractivity contribution in [3.63, 3.8) is 0 Å². The average molecular weight is 472 g/mol. The van der Waals surface area contributed by atoms with Crippen LogP contribution in [0.4, 0.5) is 0 Å². The first-order valence-corrected chi connectivity index (χ1v) is 13.0. The van der Waals surface area contributed by atoms with Crippen LogP contribution in [0.5, 0.6) is 5.75 Å². The first-order valence-electron chi connectivity index (χ1n) is 10.8. The number of hydrogen-bond acceptors (Lipinski definition) is 6. The van der Waals surface area contributed by atoms with Crippen LogP contribution in [0.1, 0.15) is 50.5 Å². The maximum Gasteiger partial charge on any atom is 0.306 e. The molecule has 2 fully saturated rings. The quantitative estimate of drug-likeness (QED) is 0.405. The summed E-state index contributed by atoms with van der Waals surface area (Å²) in [5.74, 6) is 0.0419. The molecule has 1 amide bonds. The number of halogens is 1. The predicted octanol–water partition coefficient (Wildman–Crippen LogP) is 3.31. The highest BCUT2D eigenvalue weighted by molar-refractivity contribution is 7.91. The van der Waals surface area contributed by atoms with Gasteiger partial charge in [0, 0.05) is 23.5 Å². The van der Waals surface area contributed by atoms with E-state index >= 15 is 0 Å². The van der Waals surface area contributed by atoms with E-state index in [0.717, 1.165) is 31.2 Å². The summed E-state index contributed by atoms with van der Waals surface area (Å²) in [6.45, 7) is 1.89. The molecule has 9 heteroatoms. The van der Waals surface area contributed by atoms with E-state index in [1.165, 1.54) is 0 Å². The lowest BCUT2D eigenvalue weighted by Gasteiger charge is -2.33. The highest BCUT2D eigenvalue weighted by Gasteiger charge is 2.39. The Bertz CT molecular complexity index is 897. The monoisotopic (exact) mass is 471 g/mol. The van der Waals surface area contributed by atoms with Gasteiger partial charge in [-0.25, -0.2) is 8.42 Å². The summed E-state index contributed by atoms with van der Waals surface area (Å²) in [5, 5.41) is 0.669. The van der Waals surface area contributed by atoms with Crippen molar-refractivity contribution in [3.05, 3.63) is 28.8 Å². The summed E-state index contributed by atoms with van der Waals surface area (Å²) < 4.78 is 34.6. The van der Waals surface area contributed by atoms with E-state index in [9.17, 15) is 18.0 Å². The van der Waals surface area contributed by atoms with Crippen LogP contribution in [-0.4, -0.2) is 62.0 Å². The van der Waals surface area contributed by atoms with Gasteiger partial charge in [0.15, 0.2) is 16.4 Å². The second kappa shape index (κ2) is 10.7. The molecule has 0 bridgehead atoms. The molecule has 0 N–H and O–H groups in total. The van der Waals surface area contributed by atoms with Gasteiger partial charge in [-0.1, -0.05) is 24.4 Å². The van der Waals surface area contributed by atoms with Crippen LogP contribution in [0.15, 0.2) is 18.2 Å². The van der Waals surface area contributed by atoms with Gasteiger partial charge in [-0.2, -0.15) is 0 Å². The van der Waals surface area contributed by atoms with Crippen LogP contribution in [0.25, 0.3) is 0 Å². The zero-order chi connectivity index (χ0) is 22.4. The van der Waals surface area contributed by atoms with Crippen molar-refractivity contribution >= 4 is 33.3 Å². The molecule has 0 aromatic heterocycles. The molecule has 2 aliphatic rings. The number of carbonyl (C=O) groups excluding carboxylic acids is 2. The van der Waals surface area contributed by atoms with Crippen LogP contribution in [0.2, 0.25) is 5.02 Å². The minimum absolute atomic E-state index is 0.00466. The standard InChI is InChI=1S/C22H30ClNO6S/c1-16-13-19(8-9-20(16)23)29-11-4-7-22(26)30-14-21(25)24(17-5-2-3-6-17)18-10-12-31(27,28)15-18/h8-9,13,17-18H,2-7,10-12,14-15H2,1H3. The zero-order valence-electron chi connectivity index (χ0n) is 17.8. The van der Waals surface area contributed by atoms with Gasteiger partial charge < -0.3 is 14.4 Å². The number of hydrogen-bond donors (Lipinski definition) is 0. The van der Waals surface area contributed by atoms with Crippen molar-refractivity contribution < 1.29 is 27.5 Å². The Labute approximate surface area is 188 Å². The predicted molar refractivity (Wildman–Crippen MR) is 118 cm³/mol. The van der Waals surface area contributed by atoms with Gasteiger partial charge in [0.05, 0.1) is 18.1 Å². The Hall–Kier alpha value is -1.80. The SMILES string of the molecule is Cc1cc(OCCCC(=O)OCC(=O)N(C2CCCC2)C2CCS(=O)(=O)C2)ccc1Cl. The maximum absolute atomic E-state index is 12.8. The van der Waals surface area contributed by atoms with Gasteiger partial charge in [0.1, 0.15) is 5.75 Å². The van der Waals surface area contributed by atoms with Gasteiger partial charge in [-0.15, -0.1) is 0 Å². The number of carbonyl (C=O) groups is 2. The van der Waals surface area contributed by atoms with Gasteiger partial charge in [0.2, 0.25) is 0 Å². The second-order valence-corrected chi connectivity index (χ2v) is 11.0. The number of sulfone groups is 1. The number of rotatable bonds is 9. The fourth-order valence-corrected chi connectivity index (χ4v) is 6.11. The van der Waals surface area contributed by atoms with E-state index in [-0.39, 0.29) is 42.5 Å². The number of aryl methyl sites for hydroxylation is 1. The van der Waals surface area contributed by atoms with Crippen LogP contribution in [0, 0.1) is 6.92 Å². The van der Waals surface area contributed by atoms with Crippen molar-refractivity contribution in [1.82, 2.24) is 4.90 Å². The van der Waals surface area contributed by atoms with Crippen molar-refractivity contribution in [2.75, 3.05) is 24.7 Å². The minimum atomic E-state index is -3.10. The highest BCUT2D eigenvalue weighted by atomic mass is 35.5. The summed E-state index contributed by atoms with van der Waals surface area (Å²) >= 11 is 5.99. The molecule has 3 rings (SSSR count). The first kappa shape index (κ1) is 23.9. The number of benzene rings is 1. The van der Waals surface area contributed by atoms with E-state index in [0.29, 0.717) is 30.2 Å². The molecule has 1 unspecified atom stereocenters. The molecular weight excluding hydrogens is 442 g/mol. The van der Waals surface area contributed by atoms with Gasteiger partial charge in [0.25, 0.3) is 5.91 Å². The molecule has 1 saturated carbocycles. The minimum Gasteiger partial charge on any atom is -0.494 e. The van der Waals surface area contributed by atoms with E-state index in [2.05, 4.69) is 0 Å². The highest BCUT2D eigenvalue weighted by Crippen LogP contribution is 2.29. The third kappa shape index (κ3) is 6.84. The fraction of sp³-hybridized carbons (Fsp3) is 0.636. The Morgan fingerprint density at radius 3 is 2.55 bits per heavy atom. The van der Waals surface area contributed by atoms with E-state index < -0.39 is 15.8 Å². The summed E-state index contributed by atoms with van der Waals surface area (Å²) in [7, 11) is -3.10. The van der Waals surface area contributed by atoms with Crippen molar-refractivity contribution in [1.29, 1.82) is 0 Å². The summed E-state index contributed by atoms with van der Waals surface area (Å²) in [6, 6.07) is 5.10. The van der Waals surface area contributed by atoms with Gasteiger partial charge in [-0.3, -0.25) is 9.59 Å². The average Bonchev–Trinajstić information content (AvgIpc) is 3.36. The molecule has 172 valence electrons. The Morgan fingerprint density at radius 1 is 1.16 bits per heavy atom. The molecule has 1 aliphatic carbocycles. The number of ether oxygens (including phenoxy) is 2. The molecule has 1 aromatic rings. The van der Waals surface area contributed by atoms with Gasteiger partial charge in [-0.05, 0) is 56.4 Å². The Morgan fingerprint density at radius 2 is 1.90 bits per heavy atom. The molecule has 1 heterocycles. The summed E-state index contributed by atoms with van der Waals surface area (Å²) in [5.41, 5.74) is 0.916. The molecule has 0 radical (unpaired) electrons. The summed E-state index contributed by atoms with van der Waals surface area (Å²) in [6.07, 6.45) is 4.86. The second-order valence-electron chi connectivity index (χ2n) is 8.32. The first-order chi connectivity index (χ1) is 14.7. The smallest absolute Gasteiger partial charge is 0.306 e. The lowest BCUT2D eigenvalue weighted by atomic mass is 10.1. The third-order valence-electron chi connectivity index (χ3n) is 5.89. The molecule has 7 nitrogen and oxygen atoms in total.